The summed E-state index contributed by atoms with van der Waals surface area (Å²) < 4.78 is 13.5. The normalized spacial score (nSPS) is 29.9. The van der Waals surface area contributed by atoms with Crippen molar-refractivity contribution >= 4 is 8.56 Å². The third kappa shape index (κ3) is 4.58. The van der Waals surface area contributed by atoms with Gasteiger partial charge in [0.15, 0.2) is 0 Å². The minimum atomic E-state index is -2.07. The van der Waals surface area contributed by atoms with Crippen LogP contribution in [0.25, 0.3) is 0 Å². The van der Waals surface area contributed by atoms with Crippen LogP contribution in [-0.2, 0) is 8.85 Å². The molecule has 1 atom stereocenters. The van der Waals surface area contributed by atoms with Gasteiger partial charge in [0, 0.05) is 24.3 Å². The van der Waals surface area contributed by atoms with Crippen LogP contribution >= 0.6 is 0 Å². The molecule has 2 nitrogen and oxygen atoms in total. The molecule has 2 aliphatic rings. The predicted octanol–water partition coefficient (Wildman–Crippen LogP) is 6.05. The van der Waals surface area contributed by atoms with E-state index in [0.717, 1.165) is 36.6 Å². The van der Waals surface area contributed by atoms with Crippen molar-refractivity contribution in [3.63, 3.8) is 0 Å². The maximum Gasteiger partial charge on any atom is 0.344 e. The molecule has 0 amide bonds. The molecular weight excluding hydrogens is 288 g/mol. The Morgan fingerprint density at radius 3 is 2.05 bits per heavy atom. The first-order valence-corrected chi connectivity index (χ1v) is 11.8. The summed E-state index contributed by atoms with van der Waals surface area (Å²) in [6.45, 7) is 11.0. The molecule has 0 saturated heterocycles. The number of hydrogen-bond donors (Lipinski definition) is 0. The number of rotatable bonds is 8. The van der Waals surface area contributed by atoms with Crippen molar-refractivity contribution in [2.24, 2.45) is 11.8 Å². The monoisotopic (exact) mass is 326 g/mol. The van der Waals surface area contributed by atoms with Crippen molar-refractivity contribution in [1.82, 2.24) is 0 Å². The second-order valence-electron chi connectivity index (χ2n) is 8.21. The van der Waals surface area contributed by atoms with Crippen LogP contribution in [0.2, 0.25) is 11.1 Å². The van der Waals surface area contributed by atoms with Gasteiger partial charge in [0.2, 0.25) is 0 Å². The first kappa shape index (κ1) is 18.5. The standard InChI is InChI=1S/C19H38O2Si/c1-5-14-20-22(21-15-16(2)3,18-8-6-7-9-18)19-12-10-17(4)11-13-19/h16-19H,5-15H2,1-4H3. The molecule has 0 radical (unpaired) electrons. The maximum absolute atomic E-state index is 6.77. The second-order valence-corrected chi connectivity index (χ2v) is 11.9. The highest BCUT2D eigenvalue weighted by molar-refractivity contribution is 6.70. The summed E-state index contributed by atoms with van der Waals surface area (Å²) in [4.78, 5) is 0. The first-order chi connectivity index (χ1) is 10.6. The van der Waals surface area contributed by atoms with Crippen molar-refractivity contribution in [1.29, 1.82) is 0 Å². The summed E-state index contributed by atoms with van der Waals surface area (Å²) in [6.07, 6.45) is 12.1. The summed E-state index contributed by atoms with van der Waals surface area (Å²) in [5, 5.41) is 0. The van der Waals surface area contributed by atoms with Gasteiger partial charge in [0.05, 0.1) is 0 Å². The van der Waals surface area contributed by atoms with Crippen LogP contribution in [0.4, 0.5) is 0 Å². The van der Waals surface area contributed by atoms with Gasteiger partial charge in [-0.3, -0.25) is 0 Å². The Kier molecular flexibility index (Phi) is 7.42. The lowest BCUT2D eigenvalue weighted by atomic mass is 9.90. The lowest BCUT2D eigenvalue weighted by Gasteiger charge is -2.44. The van der Waals surface area contributed by atoms with Crippen molar-refractivity contribution < 1.29 is 8.85 Å². The molecule has 3 heteroatoms. The van der Waals surface area contributed by atoms with Gasteiger partial charge in [-0.25, -0.2) is 0 Å². The van der Waals surface area contributed by atoms with Gasteiger partial charge >= 0.3 is 8.56 Å². The topological polar surface area (TPSA) is 18.5 Å². The van der Waals surface area contributed by atoms with Crippen LogP contribution in [-0.4, -0.2) is 21.8 Å². The van der Waals surface area contributed by atoms with Crippen molar-refractivity contribution in [2.75, 3.05) is 13.2 Å². The van der Waals surface area contributed by atoms with E-state index in [1.807, 2.05) is 0 Å². The van der Waals surface area contributed by atoms with Crippen molar-refractivity contribution in [2.45, 2.75) is 96.6 Å². The average molecular weight is 327 g/mol. The number of hydrogen-bond acceptors (Lipinski definition) is 2. The highest BCUT2D eigenvalue weighted by atomic mass is 28.4. The Labute approximate surface area is 139 Å². The van der Waals surface area contributed by atoms with Gasteiger partial charge < -0.3 is 8.85 Å². The van der Waals surface area contributed by atoms with Crippen LogP contribution in [0.5, 0.6) is 0 Å². The zero-order chi connectivity index (χ0) is 16.0. The Bertz CT molecular complexity index is 307. The molecule has 0 aromatic carbocycles. The molecule has 1 unspecified atom stereocenters. The van der Waals surface area contributed by atoms with E-state index >= 15 is 0 Å². The molecule has 0 aliphatic heterocycles. The fourth-order valence-corrected chi connectivity index (χ4v) is 9.56. The van der Waals surface area contributed by atoms with Crippen LogP contribution in [0.3, 0.4) is 0 Å². The minimum Gasteiger partial charge on any atom is -0.394 e. The van der Waals surface area contributed by atoms with Gasteiger partial charge in [-0.1, -0.05) is 53.4 Å². The molecule has 2 saturated carbocycles. The van der Waals surface area contributed by atoms with E-state index in [9.17, 15) is 0 Å². The second kappa shape index (κ2) is 8.84. The minimum absolute atomic E-state index is 0.612. The molecule has 130 valence electrons. The molecule has 2 fully saturated rings. The molecule has 0 aromatic heterocycles. The Balaban J connectivity index is 2.17. The molecule has 0 N–H and O–H groups in total. The van der Waals surface area contributed by atoms with Gasteiger partial charge in [-0.2, -0.15) is 0 Å². The molecule has 22 heavy (non-hydrogen) atoms. The van der Waals surface area contributed by atoms with E-state index in [1.165, 1.54) is 51.4 Å². The van der Waals surface area contributed by atoms with E-state index < -0.39 is 8.56 Å². The van der Waals surface area contributed by atoms with Gasteiger partial charge in [0.25, 0.3) is 0 Å². The molecule has 2 rings (SSSR count). The quantitative estimate of drug-likeness (QED) is 0.505. The Morgan fingerprint density at radius 2 is 1.50 bits per heavy atom. The summed E-state index contributed by atoms with van der Waals surface area (Å²) in [7, 11) is -2.07. The van der Waals surface area contributed by atoms with Gasteiger partial charge in [0.1, 0.15) is 0 Å². The summed E-state index contributed by atoms with van der Waals surface area (Å²) in [6, 6.07) is 0. The summed E-state index contributed by atoms with van der Waals surface area (Å²) >= 11 is 0. The van der Waals surface area contributed by atoms with Crippen molar-refractivity contribution in [3.8, 4) is 0 Å². The predicted molar refractivity (Wildman–Crippen MR) is 96.4 cm³/mol. The fraction of sp³-hybridized carbons (Fsp3) is 1.00. The fourth-order valence-electron chi connectivity index (χ4n) is 4.40. The average Bonchev–Trinajstić information content (AvgIpc) is 3.03. The van der Waals surface area contributed by atoms with Gasteiger partial charge in [-0.15, -0.1) is 0 Å². The summed E-state index contributed by atoms with van der Waals surface area (Å²) in [5.41, 5.74) is 1.51. The highest BCUT2D eigenvalue weighted by Gasteiger charge is 2.53. The first-order valence-electron chi connectivity index (χ1n) is 9.86. The maximum atomic E-state index is 6.77. The molecule has 0 aromatic rings. The molecule has 0 bridgehead atoms. The van der Waals surface area contributed by atoms with E-state index in [-0.39, 0.29) is 0 Å². The van der Waals surface area contributed by atoms with Crippen LogP contribution in [0.1, 0.15) is 85.5 Å². The Morgan fingerprint density at radius 1 is 0.909 bits per heavy atom. The summed E-state index contributed by atoms with van der Waals surface area (Å²) in [5.74, 6) is 1.52. The largest absolute Gasteiger partial charge is 0.394 e. The third-order valence-corrected chi connectivity index (χ3v) is 10.4. The van der Waals surface area contributed by atoms with Crippen LogP contribution < -0.4 is 0 Å². The molecule has 0 spiro atoms. The molecule has 0 heterocycles. The lowest BCUT2D eigenvalue weighted by Crippen LogP contribution is -2.52. The van der Waals surface area contributed by atoms with Gasteiger partial charge in [-0.05, 0) is 43.9 Å². The SMILES string of the molecule is CCCO[Si](OCC(C)C)(C1CCCC1)C1CCC(C)CC1. The van der Waals surface area contributed by atoms with E-state index in [1.54, 1.807) is 0 Å². The van der Waals surface area contributed by atoms with Crippen LogP contribution in [0.15, 0.2) is 0 Å². The zero-order valence-corrected chi connectivity index (χ0v) is 16.4. The van der Waals surface area contributed by atoms with Crippen molar-refractivity contribution in [3.05, 3.63) is 0 Å². The third-order valence-electron chi connectivity index (χ3n) is 5.68. The van der Waals surface area contributed by atoms with E-state index in [4.69, 9.17) is 8.85 Å². The highest BCUT2D eigenvalue weighted by Crippen LogP contribution is 2.51. The van der Waals surface area contributed by atoms with E-state index in [0.29, 0.717) is 5.92 Å². The van der Waals surface area contributed by atoms with Crippen LogP contribution in [0, 0.1) is 11.8 Å². The smallest absolute Gasteiger partial charge is 0.344 e. The lowest BCUT2D eigenvalue weighted by molar-refractivity contribution is 0.124. The zero-order valence-electron chi connectivity index (χ0n) is 15.4. The van der Waals surface area contributed by atoms with E-state index in [2.05, 4.69) is 27.7 Å². The molecular formula is C19H38O2Si. The molecule has 2 aliphatic carbocycles. The Hall–Kier alpha value is 0.137.